The van der Waals surface area contributed by atoms with Crippen LogP contribution in [0, 0.1) is 0 Å². The number of aromatic nitrogens is 1. The second kappa shape index (κ2) is 4.25. The number of oxazole rings is 1. The second-order valence-corrected chi connectivity index (χ2v) is 4.26. The van der Waals surface area contributed by atoms with E-state index in [1.54, 1.807) is 12.5 Å². The van der Waals surface area contributed by atoms with Gasteiger partial charge in [0.2, 0.25) is 0 Å². The Balaban J connectivity index is 1.79. The summed E-state index contributed by atoms with van der Waals surface area (Å²) < 4.78 is 10.8. The minimum absolute atomic E-state index is 0.406. The summed E-state index contributed by atoms with van der Waals surface area (Å²) in [5.41, 5.74) is 6.31. The van der Waals surface area contributed by atoms with E-state index in [1.165, 1.54) is 12.8 Å². The highest BCUT2D eigenvalue weighted by molar-refractivity contribution is 5.32. The van der Waals surface area contributed by atoms with Gasteiger partial charge in [-0.05, 0) is 25.0 Å². The number of hydrogen-bond acceptors (Lipinski definition) is 5. The Labute approximate surface area is 99.2 Å². The van der Waals surface area contributed by atoms with E-state index >= 15 is 0 Å². The van der Waals surface area contributed by atoms with Gasteiger partial charge in [0.25, 0.3) is 6.01 Å². The molecule has 1 aliphatic carbocycles. The molecule has 0 aliphatic heterocycles. The minimum atomic E-state index is 0.406. The van der Waals surface area contributed by atoms with Gasteiger partial charge in [0.05, 0.1) is 18.5 Å². The number of nitrogens with zero attached hydrogens (tertiary/aromatic N) is 2. The predicted octanol–water partition coefficient (Wildman–Crippen LogP) is 1.90. The lowest BCUT2D eigenvalue weighted by molar-refractivity contribution is 0.476. The number of rotatable bonds is 5. The lowest BCUT2D eigenvalue weighted by Crippen LogP contribution is -2.25. The zero-order chi connectivity index (χ0) is 11.7. The van der Waals surface area contributed by atoms with Crippen molar-refractivity contribution in [1.82, 2.24) is 4.98 Å². The van der Waals surface area contributed by atoms with Crippen molar-refractivity contribution >= 4 is 6.01 Å². The van der Waals surface area contributed by atoms with Crippen LogP contribution >= 0.6 is 0 Å². The number of nitrogens with two attached hydrogens (primary N) is 1. The Morgan fingerprint density at radius 3 is 2.88 bits per heavy atom. The largest absolute Gasteiger partial charge is 0.467 e. The summed E-state index contributed by atoms with van der Waals surface area (Å²) in [5.74, 6) is 0.921. The highest BCUT2D eigenvalue weighted by atomic mass is 16.4. The molecule has 0 saturated heterocycles. The third-order valence-electron chi connectivity index (χ3n) is 2.89. The maximum atomic E-state index is 5.53. The highest BCUT2D eigenvalue weighted by Crippen LogP contribution is 2.32. The maximum absolute atomic E-state index is 5.53. The maximum Gasteiger partial charge on any atom is 0.298 e. The van der Waals surface area contributed by atoms with Gasteiger partial charge < -0.3 is 19.5 Å². The van der Waals surface area contributed by atoms with Gasteiger partial charge in [-0.25, -0.2) is 0 Å². The third-order valence-corrected chi connectivity index (χ3v) is 2.89. The van der Waals surface area contributed by atoms with Gasteiger partial charge in [0.1, 0.15) is 12.0 Å². The molecule has 0 radical (unpaired) electrons. The molecule has 0 atom stereocenters. The number of anilines is 1. The molecule has 90 valence electrons. The normalized spacial score (nSPS) is 15.1. The predicted molar refractivity (Wildman–Crippen MR) is 62.3 cm³/mol. The van der Waals surface area contributed by atoms with E-state index in [2.05, 4.69) is 9.88 Å². The van der Waals surface area contributed by atoms with Crippen molar-refractivity contribution in [2.24, 2.45) is 5.73 Å². The summed E-state index contributed by atoms with van der Waals surface area (Å²) >= 11 is 0. The SMILES string of the molecule is NCc1coc(N(Cc2ccco2)C2CC2)n1. The molecule has 1 saturated carbocycles. The summed E-state index contributed by atoms with van der Waals surface area (Å²) in [5, 5.41) is 0. The van der Waals surface area contributed by atoms with E-state index in [4.69, 9.17) is 14.6 Å². The Hall–Kier alpha value is -1.75. The smallest absolute Gasteiger partial charge is 0.298 e. The quantitative estimate of drug-likeness (QED) is 0.854. The molecule has 2 aromatic rings. The van der Waals surface area contributed by atoms with E-state index in [1.807, 2.05) is 12.1 Å². The van der Waals surface area contributed by atoms with Crippen LogP contribution in [0.3, 0.4) is 0 Å². The molecule has 5 nitrogen and oxygen atoms in total. The van der Waals surface area contributed by atoms with E-state index < -0.39 is 0 Å². The molecule has 0 aromatic carbocycles. The van der Waals surface area contributed by atoms with E-state index in [0.29, 0.717) is 25.1 Å². The average Bonchev–Trinajstić information content (AvgIpc) is 2.88. The van der Waals surface area contributed by atoms with Gasteiger partial charge in [0, 0.05) is 12.6 Å². The minimum Gasteiger partial charge on any atom is -0.467 e. The Morgan fingerprint density at radius 2 is 2.29 bits per heavy atom. The standard InChI is InChI=1S/C12H15N3O2/c13-6-9-8-17-12(14-9)15(10-3-4-10)7-11-2-1-5-16-11/h1-2,5,8,10H,3-4,6-7,13H2. The van der Waals surface area contributed by atoms with Crippen LogP contribution in [0.2, 0.25) is 0 Å². The van der Waals surface area contributed by atoms with Crippen LogP contribution in [0.4, 0.5) is 6.01 Å². The molecule has 2 N–H and O–H groups in total. The molecule has 0 spiro atoms. The van der Waals surface area contributed by atoms with Crippen molar-refractivity contribution in [2.75, 3.05) is 4.90 Å². The molecule has 2 aromatic heterocycles. The summed E-state index contributed by atoms with van der Waals surface area (Å²) in [7, 11) is 0. The fourth-order valence-electron chi connectivity index (χ4n) is 1.83. The third kappa shape index (κ3) is 2.19. The lowest BCUT2D eigenvalue weighted by atomic mass is 10.4. The molecule has 17 heavy (non-hydrogen) atoms. The Kier molecular flexibility index (Phi) is 2.60. The molecule has 0 amide bonds. The molecule has 2 heterocycles. The number of furan rings is 1. The molecule has 3 rings (SSSR count). The zero-order valence-electron chi connectivity index (χ0n) is 9.50. The topological polar surface area (TPSA) is 68.4 Å². The highest BCUT2D eigenvalue weighted by Gasteiger charge is 2.32. The lowest BCUT2D eigenvalue weighted by Gasteiger charge is -2.18. The molecular weight excluding hydrogens is 218 g/mol. The summed E-state index contributed by atoms with van der Waals surface area (Å²) in [6, 6.07) is 5.01. The molecule has 1 aliphatic rings. The molecule has 5 heteroatoms. The van der Waals surface area contributed by atoms with Crippen molar-refractivity contribution in [3.05, 3.63) is 36.1 Å². The van der Waals surface area contributed by atoms with Crippen LogP contribution in [0.5, 0.6) is 0 Å². The van der Waals surface area contributed by atoms with Gasteiger partial charge in [0.15, 0.2) is 0 Å². The molecule has 0 bridgehead atoms. The van der Waals surface area contributed by atoms with E-state index in [-0.39, 0.29) is 0 Å². The fraction of sp³-hybridized carbons (Fsp3) is 0.417. The second-order valence-electron chi connectivity index (χ2n) is 4.26. The molecule has 0 unspecified atom stereocenters. The van der Waals surface area contributed by atoms with Crippen molar-refractivity contribution in [1.29, 1.82) is 0 Å². The molecule has 1 fully saturated rings. The first-order chi connectivity index (χ1) is 8.36. The zero-order valence-corrected chi connectivity index (χ0v) is 9.50. The van der Waals surface area contributed by atoms with Crippen LogP contribution in [0.1, 0.15) is 24.3 Å². The van der Waals surface area contributed by atoms with Crippen LogP contribution in [-0.4, -0.2) is 11.0 Å². The first-order valence-electron chi connectivity index (χ1n) is 5.80. The van der Waals surface area contributed by atoms with Crippen LogP contribution < -0.4 is 10.6 Å². The average molecular weight is 233 g/mol. The van der Waals surface area contributed by atoms with Crippen LogP contribution in [0.25, 0.3) is 0 Å². The fourth-order valence-corrected chi connectivity index (χ4v) is 1.83. The van der Waals surface area contributed by atoms with Gasteiger partial charge in [-0.15, -0.1) is 0 Å². The van der Waals surface area contributed by atoms with Crippen LogP contribution in [0.15, 0.2) is 33.5 Å². The van der Waals surface area contributed by atoms with Crippen LogP contribution in [-0.2, 0) is 13.1 Å². The van der Waals surface area contributed by atoms with Crippen molar-refractivity contribution in [2.45, 2.75) is 32.0 Å². The van der Waals surface area contributed by atoms with Gasteiger partial charge in [-0.3, -0.25) is 0 Å². The first-order valence-corrected chi connectivity index (χ1v) is 5.80. The summed E-state index contributed by atoms with van der Waals surface area (Å²) in [4.78, 5) is 6.50. The van der Waals surface area contributed by atoms with E-state index in [0.717, 1.165) is 11.5 Å². The van der Waals surface area contributed by atoms with Gasteiger partial charge in [-0.2, -0.15) is 4.98 Å². The summed E-state index contributed by atoms with van der Waals surface area (Å²) in [6.07, 6.45) is 5.66. The Bertz CT molecular complexity index is 474. The van der Waals surface area contributed by atoms with Crippen molar-refractivity contribution < 1.29 is 8.83 Å². The molecular formula is C12H15N3O2. The Morgan fingerprint density at radius 1 is 1.41 bits per heavy atom. The number of hydrogen-bond donors (Lipinski definition) is 1. The van der Waals surface area contributed by atoms with Crippen molar-refractivity contribution in [3.63, 3.8) is 0 Å². The van der Waals surface area contributed by atoms with E-state index in [9.17, 15) is 0 Å². The first kappa shape index (κ1) is 10.4. The van der Waals surface area contributed by atoms with Gasteiger partial charge >= 0.3 is 0 Å². The van der Waals surface area contributed by atoms with Gasteiger partial charge in [-0.1, -0.05) is 0 Å². The monoisotopic (exact) mass is 233 g/mol. The van der Waals surface area contributed by atoms with Crippen molar-refractivity contribution in [3.8, 4) is 0 Å². The summed E-state index contributed by atoms with van der Waals surface area (Å²) in [6.45, 7) is 1.10.